The van der Waals surface area contributed by atoms with Crippen molar-refractivity contribution in [3.63, 3.8) is 0 Å². The maximum absolute atomic E-state index is 9.01. The summed E-state index contributed by atoms with van der Waals surface area (Å²) >= 11 is 0. The largest absolute Gasteiger partial charge is 0.495 e. The third kappa shape index (κ3) is 3.50. The van der Waals surface area contributed by atoms with Gasteiger partial charge < -0.3 is 9.64 Å². The highest BCUT2D eigenvalue weighted by atomic mass is 16.5. The number of piperidine rings is 1. The van der Waals surface area contributed by atoms with Gasteiger partial charge >= 0.3 is 0 Å². The van der Waals surface area contributed by atoms with E-state index in [1.54, 1.807) is 7.11 Å². The van der Waals surface area contributed by atoms with Crippen LogP contribution in [-0.2, 0) is 6.54 Å². The van der Waals surface area contributed by atoms with Gasteiger partial charge in [0.1, 0.15) is 11.8 Å². The van der Waals surface area contributed by atoms with E-state index < -0.39 is 0 Å². The number of rotatable bonds is 4. The molecule has 1 aromatic carbocycles. The molecule has 1 heterocycles. The van der Waals surface area contributed by atoms with Crippen LogP contribution in [0.3, 0.4) is 0 Å². The van der Waals surface area contributed by atoms with Crippen molar-refractivity contribution in [2.45, 2.75) is 25.4 Å². The minimum atomic E-state index is 0.596. The van der Waals surface area contributed by atoms with Crippen molar-refractivity contribution in [3.05, 3.63) is 29.3 Å². The Labute approximate surface area is 121 Å². The van der Waals surface area contributed by atoms with Gasteiger partial charge in [0.2, 0.25) is 0 Å². The van der Waals surface area contributed by atoms with Crippen LogP contribution in [0.15, 0.2) is 18.2 Å². The molecule has 0 radical (unpaired) electrons. The van der Waals surface area contributed by atoms with Crippen molar-refractivity contribution in [1.29, 1.82) is 5.26 Å². The fourth-order valence-electron chi connectivity index (χ4n) is 2.78. The summed E-state index contributed by atoms with van der Waals surface area (Å²) in [6.45, 7) is 3.24. The van der Waals surface area contributed by atoms with Crippen molar-refractivity contribution >= 4 is 0 Å². The van der Waals surface area contributed by atoms with E-state index in [-0.39, 0.29) is 0 Å². The minimum absolute atomic E-state index is 0.596. The molecule has 0 spiro atoms. The fourth-order valence-corrected chi connectivity index (χ4v) is 2.78. The normalized spacial score (nSPS) is 17.1. The molecule has 0 aliphatic carbocycles. The standard InChI is InChI=1S/C16H23N3O/c1-18-8-6-15(7-9-18)19(2)12-13-4-5-14(11-17)16(10-13)20-3/h4-5,10,15H,6-9,12H2,1-3H3. The van der Waals surface area contributed by atoms with E-state index in [0.717, 1.165) is 6.54 Å². The summed E-state index contributed by atoms with van der Waals surface area (Å²) < 4.78 is 5.27. The van der Waals surface area contributed by atoms with E-state index in [9.17, 15) is 0 Å². The lowest BCUT2D eigenvalue weighted by molar-refractivity contribution is 0.139. The molecule has 0 N–H and O–H groups in total. The monoisotopic (exact) mass is 273 g/mol. The highest BCUT2D eigenvalue weighted by Crippen LogP contribution is 2.22. The topological polar surface area (TPSA) is 39.5 Å². The molecule has 1 saturated heterocycles. The Morgan fingerprint density at radius 1 is 1.40 bits per heavy atom. The lowest BCUT2D eigenvalue weighted by Gasteiger charge is -2.35. The zero-order valence-electron chi connectivity index (χ0n) is 12.6. The third-order valence-corrected chi connectivity index (χ3v) is 4.13. The average molecular weight is 273 g/mol. The lowest BCUT2D eigenvalue weighted by Crippen LogP contribution is -2.41. The molecule has 2 rings (SSSR count). The number of ether oxygens (including phenoxy) is 1. The number of nitriles is 1. The van der Waals surface area contributed by atoms with Gasteiger partial charge in [-0.1, -0.05) is 6.07 Å². The van der Waals surface area contributed by atoms with Crippen LogP contribution in [0.5, 0.6) is 5.75 Å². The van der Waals surface area contributed by atoms with E-state index in [1.165, 1.54) is 31.5 Å². The number of methoxy groups -OCH3 is 1. The molecule has 4 nitrogen and oxygen atoms in total. The maximum atomic E-state index is 9.01. The molecule has 1 fully saturated rings. The summed E-state index contributed by atoms with van der Waals surface area (Å²) in [6, 6.07) is 8.64. The summed E-state index contributed by atoms with van der Waals surface area (Å²) in [4.78, 5) is 4.79. The van der Waals surface area contributed by atoms with E-state index in [0.29, 0.717) is 17.4 Å². The summed E-state index contributed by atoms with van der Waals surface area (Å²) in [6.07, 6.45) is 2.45. The Balaban J connectivity index is 2.01. The van der Waals surface area contributed by atoms with Crippen LogP contribution in [0.1, 0.15) is 24.0 Å². The Morgan fingerprint density at radius 2 is 2.10 bits per heavy atom. The molecule has 1 aromatic rings. The van der Waals surface area contributed by atoms with Crippen LogP contribution in [0.2, 0.25) is 0 Å². The van der Waals surface area contributed by atoms with Gasteiger partial charge in [-0.3, -0.25) is 4.90 Å². The molecule has 108 valence electrons. The molecule has 1 aliphatic heterocycles. The highest BCUT2D eigenvalue weighted by Gasteiger charge is 2.20. The average Bonchev–Trinajstić information content (AvgIpc) is 2.47. The number of hydrogen-bond donors (Lipinski definition) is 0. The van der Waals surface area contributed by atoms with E-state index >= 15 is 0 Å². The zero-order chi connectivity index (χ0) is 14.5. The molecule has 20 heavy (non-hydrogen) atoms. The van der Waals surface area contributed by atoms with Gasteiger partial charge in [-0.25, -0.2) is 0 Å². The summed E-state index contributed by atoms with van der Waals surface area (Å²) in [5.74, 6) is 0.668. The van der Waals surface area contributed by atoms with Gasteiger partial charge in [0.15, 0.2) is 0 Å². The molecular formula is C16H23N3O. The van der Waals surface area contributed by atoms with Gasteiger partial charge in [0.25, 0.3) is 0 Å². The van der Waals surface area contributed by atoms with Gasteiger partial charge in [-0.2, -0.15) is 5.26 Å². The molecule has 0 saturated carbocycles. The smallest absolute Gasteiger partial charge is 0.136 e. The number of likely N-dealkylation sites (tertiary alicyclic amines) is 1. The molecule has 0 amide bonds. The first-order chi connectivity index (χ1) is 9.63. The minimum Gasteiger partial charge on any atom is -0.495 e. The fraction of sp³-hybridized carbons (Fsp3) is 0.562. The van der Waals surface area contributed by atoms with Gasteiger partial charge in [-0.15, -0.1) is 0 Å². The summed E-state index contributed by atoms with van der Waals surface area (Å²) in [7, 11) is 5.98. The molecule has 0 unspecified atom stereocenters. The van der Waals surface area contributed by atoms with Crippen molar-refractivity contribution in [2.75, 3.05) is 34.3 Å². The van der Waals surface area contributed by atoms with Crippen LogP contribution in [0, 0.1) is 11.3 Å². The molecule has 4 heteroatoms. The molecule has 1 aliphatic rings. The second-order valence-electron chi connectivity index (χ2n) is 5.60. The van der Waals surface area contributed by atoms with E-state index in [2.05, 4.69) is 30.0 Å². The second kappa shape index (κ2) is 6.74. The van der Waals surface area contributed by atoms with Crippen LogP contribution in [-0.4, -0.2) is 50.1 Å². The van der Waals surface area contributed by atoms with E-state index in [4.69, 9.17) is 10.00 Å². The van der Waals surface area contributed by atoms with Crippen molar-refractivity contribution in [2.24, 2.45) is 0 Å². The zero-order valence-corrected chi connectivity index (χ0v) is 12.6. The summed E-state index contributed by atoms with van der Waals surface area (Å²) in [5.41, 5.74) is 1.79. The predicted molar refractivity (Wildman–Crippen MR) is 79.7 cm³/mol. The van der Waals surface area contributed by atoms with Gasteiger partial charge in [0.05, 0.1) is 12.7 Å². The number of nitrogens with zero attached hydrogens (tertiary/aromatic N) is 3. The van der Waals surface area contributed by atoms with E-state index in [1.807, 2.05) is 18.2 Å². The van der Waals surface area contributed by atoms with Crippen LogP contribution in [0.4, 0.5) is 0 Å². The number of benzene rings is 1. The first-order valence-electron chi connectivity index (χ1n) is 7.10. The second-order valence-corrected chi connectivity index (χ2v) is 5.60. The Kier molecular flexibility index (Phi) is 4.99. The Hall–Kier alpha value is -1.57. The summed E-state index contributed by atoms with van der Waals surface area (Å²) in [5, 5.41) is 9.01. The molecule has 0 atom stereocenters. The molecule has 0 aromatic heterocycles. The Bertz CT molecular complexity index is 487. The number of hydrogen-bond acceptors (Lipinski definition) is 4. The SMILES string of the molecule is COc1cc(CN(C)C2CCN(C)CC2)ccc1C#N. The third-order valence-electron chi connectivity index (χ3n) is 4.13. The Morgan fingerprint density at radius 3 is 2.70 bits per heavy atom. The van der Waals surface area contributed by atoms with Gasteiger partial charge in [0, 0.05) is 12.6 Å². The first-order valence-corrected chi connectivity index (χ1v) is 7.10. The predicted octanol–water partition coefficient (Wildman–Crippen LogP) is 2.09. The first kappa shape index (κ1) is 14.8. The lowest BCUT2D eigenvalue weighted by atomic mass is 10.0. The molecule has 0 bridgehead atoms. The van der Waals surface area contributed by atoms with Crippen LogP contribution in [0.25, 0.3) is 0 Å². The van der Waals surface area contributed by atoms with Crippen molar-refractivity contribution in [3.8, 4) is 11.8 Å². The molecular weight excluding hydrogens is 250 g/mol. The van der Waals surface area contributed by atoms with Crippen LogP contribution < -0.4 is 4.74 Å². The quantitative estimate of drug-likeness (QED) is 0.842. The van der Waals surface area contributed by atoms with Crippen molar-refractivity contribution < 1.29 is 4.74 Å². The maximum Gasteiger partial charge on any atom is 0.136 e. The highest BCUT2D eigenvalue weighted by molar-refractivity contribution is 5.45. The van der Waals surface area contributed by atoms with Crippen LogP contribution >= 0.6 is 0 Å². The van der Waals surface area contributed by atoms with Crippen molar-refractivity contribution in [1.82, 2.24) is 9.80 Å². The van der Waals surface area contributed by atoms with Gasteiger partial charge in [-0.05, 0) is 57.7 Å².